The molecule has 1 atom stereocenters. The van der Waals surface area contributed by atoms with Crippen molar-refractivity contribution in [2.45, 2.75) is 18.0 Å². The van der Waals surface area contributed by atoms with Crippen LogP contribution < -0.4 is 10.1 Å². The number of carbonyl (C=O) groups is 1. The molecule has 1 aromatic heterocycles. The maximum absolute atomic E-state index is 14.4. The highest BCUT2D eigenvalue weighted by Crippen LogP contribution is 2.49. The molecule has 4 aromatic rings. The second kappa shape index (κ2) is 9.62. The van der Waals surface area contributed by atoms with Crippen LogP contribution in [0.5, 0.6) is 5.75 Å². The van der Waals surface area contributed by atoms with Crippen molar-refractivity contribution in [3.8, 4) is 5.75 Å². The van der Waals surface area contributed by atoms with Gasteiger partial charge in [0, 0.05) is 65.5 Å². The number of benzene rings is 3. The molecule has 0 saturated carbocycles. The summed E-state index contributed by atoms with van der Waals surface area (Å²) in [6.07, 6.45) is 0. The third-order valence-corrected chi connectivity index (χ3v) is 7.73. The smallest absolute Gasteiger partial charge is 0.322 e. The fourth-order valence-electron chi connectivity index (χ4n) is 6.03. The van der Waals surface area contributed by atoms with E-state index >= 15 is 0 Å². The number of fused-ring (bicyclic) bond motifs is 4. The van der Waals surface area contributed by atoms with Gasteiger partial charge in [-0.3, -0.25) is 4.90 Å². The van der Waals surface area contributed by atoms with Gasteiger partial charge < -0.3 is 25.0 Å². The number of halogens is 3. The van der Waals surface area contributed by atoms with Crippen LogP contribution in [0.15, 0.2) is 60.7 Å². The maximum atomic E-state index is 14.4. The molecule has 7 nitrogen and oxygen atoms in total. The summed E-state index contributed by atoms with van der Waals surface area (Å²) in [5, 5.41) is 14.2. The fourth-order valence-corrected chi connectivity index (χ4v) is 6.03. The monoisotopic (exact) mass is 536 g/mol. The number of likely N-dealkylation sites (tertiary alicyclic amines) is 1. The molecule has 0 bridgehead atoms. The van der Waals surface area contributed by atoms with E-state index in [0.717, 1.165) is 34.3 Å². The summed E-state index contributed by atoms with van der Waals surface area (Å²) in [4.78, 5) is 20.5. The quantitative estimate of drug-likeness (QED) is 0.338. The lowest BCUT2D eigenvalue weighted by molar-refractivity contribution is 0.00800. The number of aliphatic hydroxyl groups is 1. The number of aliphatic hydroxyl groups excluding tert-OH is 1. The number of nitrogens with zero attached hydrogens (tertiary/aromatic N) is 2. The molecule has 3 aromatic carbocycles. The average Bonchev–Trinajstić information content (AvgIpc) is 3.30. The van der Waals surface area contributed by atoms with Gasteiger partial charge in [-0.15, -0.1) is 0 Å². The van der Waals surface area contributed by atoms with Crippen LogP contribution in [0.4, 0.5) is 23.7 Å². The van der Waals surface area contributed by atoms with E-state index in [9.17, 15) is 23.1 Å². The second-order valence-electron chi connectivity index (χ2n) is 10.2. The Morgan fingerprint density at radius 2 is 1.79 bits per heavy atom. The van der Waals surface area contributed by atoms with Crippen LogP contribution in [-0.2, 0) is 12.0 Å². The molecule has 1 spiro atoms. The fraction of sp³-hybridized carbons (Fsp3) is 0.276. The number of aromatic amines is 1. The van der Waals surface area contributed by atoms with Gasteiger partial charge in [-0.2, -0.15) is 0 Å². The molecule has 39 heavy (non-hydrogen) atoms. The van der Waals surface area contributed by atoms with Crippen LogP contribution >= 0.6 is 0 Å². The number of hydrogen-bond acceptors (Lipinski definition) is 4. The van der Waals surface area contributed by atoms with Crippen LogP contribution in [-0.4, -0.2) is 59.3 Å². The molecule has 2 amide bonds. The molecule has 202 valence electrons. The van der Waals surface area contributed by atoms with Crippen molar-refractivity contribution in [2.75, 3.05) is 38.7 Å². The average molecular weight is 537 g/mol. The van der Waals surface area contributed by atoms with Crippen molar-refractivity contribution in [3.05, 3.63) is 94.9 Å². The largest absolute Gasteiger partial charge is 0.497 e. The van der Waals surface area contributed by atoms with E-state index in [1.54, 1.807) is 12.0 Å². The third kappa shape index (κ3) is 4.39. The maximum Gasteiger partial charge on any atom is 0.322 e. The minimum absolute atomic E-state index is 0.224. The molecule has 1 fully saturated rings. The Balaban J connectivity index is 1.37. The van der Waals surface area contributed by atoms with E-state index in [4.69, 9.17) is 4.74 Å². The van der Waals surface area contributed by atoms with E-state index in [-0.39, 0.29) is 18.7 Å². The van der Waals surface area contributed by atoms with E-state index in [2.05, 4.69) is 10.3 Å². The number of rotatable bonds is 5. The van der Waals surface area contributed by atoms with Crippen LogP contribution in [0, 0.1) is 17.5 Å². The minimum Gasteiger partial charge on any atom is -0.497 e. The van der Waals surface area contributed by atoms with E-state index in [1.165, 1.54) is 30.3 Å². The number of carbonyl (C=O) groups excluding carboxylic acids is 1. The molecule has 0 unspecified atom stereocenters. The SMILES string of the molecule is COc1ccc2c3c([nH]c2c1)[C@H](CO)N(C(=O)Nc1ccc(F)cc1)CC31CN(Cc2cc(F)ccc2F)C1. The van der Waals surface area contributed by atoms with Crippen LogP contribution in [0.2, 0.25) is 0 Å². The number of nitrogens with one attached hydrogen (secondary N) is 2. The van der Waals surface area contributed by atoms with Gasteiger partial charge in [-0.05, 0) is 60.2 Å². The van der Waals surface area contributed by atoms with Gasteiger partial charge in [0.15, 0.2) is 0 Å². The molecular formula is C29H27F3N4O3. The number of hydrogen-bond donors (Lipinski definition) is 3. The van der Waals surface area contributed by atoms with Gasteiger partial charge in [0.2, 0.25) is 0 Å². The van der Waals surface area contributed by atoms with Gasteiger partial charge in [0.25, 0.3) is 0 Å². The summed E-state index contributed by atoms with van der Waals surface area (Å²) < 4.78 is 46.9. The predicted molar refractivity (Wildman–Crippen MR) is 140 cm³/mol. The summed E-state index contributed by atoms with van der Waals surface area (Å²) in [7, 11) is 1.58. The van der Waals surface area contributed by atoms with Gasteiger partial charge in [0.05, 0.1) is 19.8 Å². The molecule has 0 aliphatic carbocycles. The minimum atomic E-state index is -0.654. The number of aromatic nitrogens is 1. The first-order valence-electron chi connectivity index (χ1n) is 12.6. The van der Waals surface area contributed by atoms with Crippen LogP contribution in [0.1, 0.15) is 22.9 Å². The third-order valence-electron chi connectivity index (χ3n) is 7.73. The lowest BCUT2D eigenvalue weighted by atomic mass is 9.68. The normalized spacial score (nSPS) is 18.2. The first-order valence-corrected chi connectivity index (χ1v) is 12.6. The Labute approximate surface area is 222 Å². The Morgan fingerprint density at radius 1 is 1.05 bits per heavy atom. The van der Waals surface area contributed by atoms with E-state index in [1.807, 2.05) is 23.1 Å². The van der Waals surface area contributed by atoms with E-state index in [0.29, 0.717) is 31.1 Å². The number of urea groups is 1. The first kappa shape index (κ1) is 25.3. The van der Waals surface area contributed by atoms with Gasteiger partial charge in [0.1, 0.15) is 23.2 Å². The lowest BCUT2D eigenvalue weighted by Gasteiger charge is -2.56. The highest BCUT2D eigenvalue weighted by atomic mass is 19.1. The number of methoxy groups -OCH3 is 1. The standard InChI is InChI=1S/C29H27F3N4O3/c1-39-21-7-8-22-24(11-21)34-27-25(13-37)36(28(38)33-20-5-2-18(30)3-6-20)16-29(26(22)27)14-35(15-29)12-17-10-19(31)4-9-23(17)32/h2-11,25,34,37H,12-16H2,1H3,(H,33,38)/t25-/m0/s1. The van der Waals surface area contributed by atoms with Gasteiger partial charge in [-0.25, -0.2) is 18.0 Å². The van der Waals surface area contributed by atoms with Gasteiger partial charge in [-0.1, -0.05) is 0 Å². The molecule has 3 heterocycles. The molecule has 2 aliphatic rings. The van der Waals surface area contributed by atoms with Crippen molar-refractivity contribution in [3.63, 3.8) is 0 Å². The number of H-pyrrole nitrogens is 1. The molecular weight excluding hydrogens is 509 g/mol. The lowest BCUT2D eigenvalue weighted by Crippen LogP contribution is -2.67. The Hall–Kier alpha value is -4.02. The summed E-state index contributed by atoms with van der Waals surface area (Å²) in [5.74, 6) is -0.720. The van der Waals surface area contributed by atoms with Crippen molar-refractivity contribution < 1.29 is 27.8 Å². The zero-order chi connectivity index (χ0) is 27.3. The Bertz CT molecular complexity index is 1550. The molecule has 0 radical (unpaired) electrons. The van der Waals surface area contributed by atoms with Crippen LogP contribution in [0.3, 0.4) is 0 Å². The topological polar surface area (TPSA) is 80.8 Å². The summed E-state index contributed by atoms with van der Waals surface area (Å²) in [6, 6.07) is 13.5. The van der Waals surface area contributed by atoms with E-state index < -0.39 is 34.9 Å². The van der Waals surface area contributed by atoms with Crippen molar-refractivity contribution >= 4 is 22.6 Å². The summed E-state index contributed by atoms with van der Waals surface area (Å²) in [5.41, 5.74) is 2.71. The predicted octanol–water partition coefficient (Wildman–Crippen LogP) is 4.93. The first-order chi connectivity index (χ1) is 18.8. The van der Waals surface area contributed by atoms with Crippen molar-refractivity contribution in [2.24, 2.45) is 0 Å². The Morgan fingerprint density at radius 3 is 2.51 bits per heavy atom. The molecule has 3 N–H and O–H groups in total. The zero-order valence-corrected chi connectivity index (χ0v) is 21.2. The molecule has 10 heteroatoms. The summed E-state index contributed by atoms with van der Waals surface area (Å²) >= 11 is 0. The molecule has 2 aliphatic heterocycles. The van der Waals surface area contributed by atoms with Gasteiger partial charge >= 0.3 is 6.03 Å². The van der Waals surface area contributed by atoms with Crippen LogP contribution in [0.25, 0.3) is 10.9 Å². The molecule has 1 saturated heterocycles. The Kier molecular flexibility index (Phi) is 6.23. The van der Waals surface area contributed by atoms with Crippen molar-refractivity contribution in [1.29, 1.82) is 0 Å². The number of amides is 2. The number of anilines is 1. The molecule has 6 rings (SSSR count). The number of ether oxygens (including phenoxy) is 1. The summed E-state index contributed by atoms with van der Waals surface area (Å²) in [6.45, 7) is 1.18. The van der Waals surface area contributed by atoms with Crippen molar-refractivity contribution in [1.82, 2.24) is 14.8 Å². The zero-order valence-electron chi connectivity index (χ0n) is 21.2. The second-order valence-corrected chi connectivity index (χ2v) is 10.2. The highest BCUT2D eigenvalue weighted by Gasteiger charge is 2.53. The highest BCUT2D eigenvalue weighted by molar-refractivity contribution is 5.92.